The Morgan fingerprint density at radius 3 is 2.38 bits per heavy atom. The van der Waals surface area contributed by atoms with Gasteiger partial charge in [0.05, 0.1) is 4.90 Å². The van der Waals surface area contributed by atoms with Gasteiger partial charge in [-0.3, -0.25) is 0 Å². The van der Waals surface area contributed by atoms with Gasteiger partial charge in [-0.05, 0) is 24.6 Å². The van der Waals surface area contributed by atoms with Crippen LogP contribution in [0.3, 0.4) is 0 Å². The third kappa shape index (κ3) is 2.33. The molecule has 0 aliphatic carbocycles. The second kappa shape index (κ2) is 3.44. The first-order valence-corrected chi connectivity index (χ1v) is 5.91. The van der Waals surface area contributed by atoms with E-state index in [0.29, 0.717) is 0 Å². The Balaban J connectivity index is 3.56. The molecular formula is C7H5Cl2FO2S. The van der Waals surface area contributed by atoms with Gasteiger partial charge in [0.25, 0.3) is 9.05 Å². The molecule has 0 unspecified atom stereocenters. The average molecular weight is 243 g/mol. The van der Waals surface area contributed by atoms with Crippen LogP contribution in [0.4, 0.5) is 4.39 Å². The maximum Gasteiger partial charge on any atom is 0.261 e. The summed E-state index contributed by atoms with van der Waals surface area (Å²) in [6.45, 7) is 1.46. The number of hydrogen-bond acceptors (Lipinski definition) is 2. The highest BCUT2D eigenvalue weighted by atomic mass is 35.7. The summed E-state index contributed by atoms with van der Waals surface area (Å²) in [5.41, 5.74) is 0.248. The predicted octanol–water partition coefficient (Wildman–Crippen LogP) is 2.72. The standard InChI is InChI=1S/C7H5Cl2FO2S/c1-4-6(8)2-5(10)3-7(4)13(9,11)12/h2-3H,1H3. The minimum atomic E-state index is -3.93. The molecule has 0 N–H and O–H groups in total. The van der Waals surface area contributed by atoms with Crippen LogP contribution in [0.15, 0.2) is 17.0 Å². The van der Waals surface area contributed by atoms with Crippen molar-refractivity contribution in [3.8, 4) is 0 Å². The van der Waals surface area contributed by atoms with E-state index >= 15 is 0 Å². The van der Waals surface area contributed by atoms with Gasteiger partial charge < -0.3 is 0 Å². The van der Waals surface area contributed by atoms with Crippen LogP contribution >= 0.6 is 22.3 Å². The Hall–Kier alpha value is -0.320. The quantitative estimate of drug-likeness (QED) is 0.710. The van der Waals surface area contributed by atoms with Crippen LogP contribution in [-0.2, 0) is 9.05 Å². The van der Waals surface area contributed by atoms with Gasteiger partial charge in [0.2, 0.25) is 0 Å². The largest absolute Gasteiger partial charge is 0.261 e. The Kier molecular flexibility index (Phi) is 2.85. The molecule has 0 aromatic heterocycles. The predicted molar refractivity (Wildman–Crippen MR) is 49.2 cm³/mol. The Morgan fingerprint density at radius 2 is 1.92 bits per heavy atom. The van der Waals surface area contributed by atoms with Crippen molar-refractivity contribution < 1.29 is 12.8 Å². The zero-order valence-corrected chi connectivity index (χ0v) is 8.84. The lowest BCUT2D eigenvalue weighted by atomic mass is 10.2. The highest BCUT2D eigenvalue weighted by Gasteiger charge is 2.16. The smallest absolute Gasteiger partial charge is 0.207 e. The maximum atomic E-state index is 12.7. The fourth-order valence-electron chi connectivity index (χ4n) is 0.875. The van der Waals surface area contributed by atoms with Crippen molar-refractivity contribution in [3.63, 3.8) is 0 Å². The van der Waals surface area contributed by atoms with E-state index in [4.69, 9.17) is 22.3 Å². The van der Waals surface area contributed by atoms with E-state index in [0.717, 1.165) is 12.1 Å². The number of benzene rings is 1. The third-order valence-corrected chi connectivity index (χ3v) is 3.36. The zero-order valence-electron chi connectivity index (χ0n) is 6.51. The van der Waals surface area contributed by atoms with Gasteiger partial charge in [0.1, 0.15) is 5.82 Å². The molecule has 6 heteroatoms. The van der Waals surface area contributed by atoms with Crippen molar-refractivity contribution in [1.29, 1.82) is 0 Å². The summed E-state index contributed by atoms with van der Waals surface area (Å²) in [7, 11) is 1.12. The molecule has 0 fully saturated rings. The molecule has 0 spiro atoms. The molecule has 0 aliphatic heterocycles. The van der Waals surface area contributed by atoms with Crippen LogP contribution in [0, 0.1) is 12.7 Å². The highest BCUT2D eigenvalue weighted by Crippen LogP contribution is 2.26. The van der Waals surface area contributed by atoms with Gasteiger partial charge in [-0.25, -0.2) is 12.8 Å². The van der Waals surface area contributed by atoms with E-state index in [1.54, 1.807) is 0 Å². The molecule has 0 radical (unpaired) electrons. The van der Waals surface area contributed by atoms with Crippen LogP contribution in [0.1, 0.15) is 5.56 Å². The first-order valence-electron chi connectivity index (χ1n) is 3.22. The monoisotopic (exact) mass is 242 g/mol. The molecular weight excluding hydrogens is 238 g/mol. The summed E-state index contributed by atoms with van der Waals surface area (Å²) < 4.78 is 34.5. The van der Waals surface area contributed by atoms with Crippen molar-refractivity contribution in [3.05, 3.63) is 28.5 Å². The first-order chi connectivity index (χ1) is 5.82. The molecule has 0 heterocycles. The zero-order chi connectivity index (χ0) is 10.2. The van der Waals surface area contributed by atoms with Crippen molar-refractivity contribution in [1.82, 2.24) is 0 Å². The molecule has 72 valence electrons. The Labute approximate surface area is 84.7 Å². The van der Waals surface area contributed by atoms with Crippen LogP contribution < -0.4 is 0 Å². The molecule has 0 saturated carbocycles. The number of halogens is 3. The van der Waals surface area contributed by atoms with Crippen LogP contribution in [0.5, 0.6) is 0 Å². The normalized spacial score (nSPS) is 11.7. The molecule has 1 aromatic rings. The molecule has 1 rings (SSSR count). The van der Waals surface area contributed by atoms with Crippen LogP contribution in [-0.4, -0.2) is 8.42 Å². The SMILES string of the molecule is Cc1c(Cl)cc(F)cc1S(=O)(=O)Cl. The lowest BCUT2D eigenvalue weighted by Gasteiger charge is -2.03. The van der Waals surface area contributed by atoms with Crippen molar-refractivity contribution >= 4 is 31.3 Å². The van der Waals surface area contributed by atoms with Gasteiger partial charge in [0.15, 0.2) is 0 Å². The summed E-state index contributed by atoms with van der Waals surface area (Å²) in [6, 6.07) is 1.87. The lowest BCUT2D eigenvalue weighted by molar-refractivity contribution is 0.601. The van der Waals surface area contributed by atoms with Crippen molar-refractivity contribution in [2.75, 3.05) is 0 Å². The minimum absolute atomic E-state index is 0.0409. The first kappa shape index (κ1) is 10.8. The fraction of sp³-hybridized carbons (Fsp3) is 0.143. The Morgan fingerprint density at radius 1 is 1.38 bits per heavy atom. The summed E-state index contributed by atoms with van der Waals surface area (Å²) in [5, 5.41) is 0.0409. The molecule has 13 heavy (non-hydrogen) atoms. The molecule has 0 amide bonds. The van der Waals surface area contributed by atoms with E-state index in [-0.39, 0.29) is 15.5 Å². The summed E-state index contributed by atoms with van der Waals surface area (Å²) in [5.74, 6) is -0.727. The van der Waals surface area contributed by atoms with Crippen LogP contribution in [0.25, 0.3) is 0 Å². The molecule has 2 nitrogen and oxygen atoms in total. The summed E-state index contributed by atoms with van der Waals surface area (Å²) >= 11 is 5.56. The Bertz CT molecular complexity index is 442. The lowest BCUT2D eigenvalue weighted by Crippen LogP contribution is -1.96. The van der Waals surface area contributed by atoms with E-state index in [1.165, 1.54) is 6.92 Å². The van der Waals surface area contributed by atoms with E-state index < -0.39 is 14.9 Å². The second-order valence-electron chi connectivity index (χ2n) is 2.45. The van der Waals surface area contributed by atoms with Gasteiger partial charge in [-0.1, -0.05) is 11.6 Å². The average Bonchev–Trinajstić information content (AvgIpc) is 1.94. The van der Waals surface area contributed by atoms with Gasteiger partial charge >= 0.3 is 0 Å². The van der Waals surface area contributed by atoms with E-state index in [2.05, 4.69) is 0 Å². The maximum absolute atomic E-state index is 12.7. The number of rotatable bonds is 1. The topological polar surface area (TPSA) is 34.1 Å². The highest BCUT2D eigenvalue weighted by molar-refractivity contribution is 8.13. The second-order valence-corrected chi connectivity index (χ2v) is 5.39. The third-order valence-electron chi connectivity index (χ3n) is 1.52. The fourth-order valence-corrected chi connectivity index (χ4v) is 2.35. The summed E-state index contributed by atoms with van der Waals surface area (Å²) in [4.78, 5) is -0.292. The van der Waals surface area contributed by atoms with E-state index in [1.807, 2.05) is 0 Å². The molecule has 0 atom stereocenters. The molecule has 0 aliphatic rings. The number of hydrogen-bond donors (Lipinski definition) is 0. The molecule has 0 bridgehead atoms. The van der Waals surface area contributed by atoms with E-state index in [9.17, 15) is 12.8 Å². The van der Waals surface area contributed by atoms with Crippen molar-refractivity contribution in [2.45, 2.75) is 11.8 Å². The van der Waals surface area contributed by atoms with Gasteiger partial charge in [-0.2, -0.15) is 0 Å². The molecule has 1 aromatic carbocycles. The van der Waals surface area contributed by atoms with Gasteiger partial charge in [-0.15, -0.1) is 0 Å². The van der Waals surface area contributed by atoms with Crippen LogP contribution in [0.2, 0.25) is 5.02 Å². The van der Waals surface area contributed by atoms with Crippen molar-refractivity contribution in [2.24, 2.45) is 0 Å². The molecule has 0 saturated heterocycles. The van der Waals surface area contributed by atoms with Gasteiger partial charge in [0, 0.05) is 15.7 Å². The summed E-state index contributed by atoms with van der Waals surface area (Å²) in [6.07, 6.45) is 0. The minimum Gasteiger partial charge on any atom is -0.207 e.